The number of alkyl halides is 3. The molecule has 0 aliphatic carbocycles. The SMILES string of the molecule is Cc1ccc(C(=O)Nc2cccc(OC(F)(F)F)c2)cc1CNc1cncnc1. The van der Waals surface area contributed by atoms with Crippen LogP contribution in [0.15, 0.2) is 61.2 Å². The highest BCUT2D eigenvalue weighted by Crippen LogP contribution is 2.25. The van der Waals surface area contributed by atoms with Crippen molar-refractivity contribution in [3.63, 3.8) is 0 Å². The van der Waals surface area contributed by atoms with Crippen LogP contribution in [0.4, 0.5) is 24.5 Å². The molecule has 1 heterocycles. The van der Waals surface area contributed by atoms with Crippen molar-refractivity contribution in [1.82, 2.24) is 9.97 Å². The third-order valence-electron chi connectivity index (χ3n) is 3.98. The number of ether oxygens (including phenoxy) is 1. The smallest absolute Gasteiger partial charge is 0.406 e. The van der Waals surface area contributed by atoms with E-state index < -0.39 is 18.0 Å². The number of anilines is 2. The molecular formula is C20H17F3N4O2. The molecule has 2 N–H and O–H groups in total. The Labute approximate surface area is 164 Å². The van der Waals surface area contributed by atoms with E-state index in [0.29, 0.717) is 12.1 Å². The van der Waals surface area contributed by atoms with Gasteiger partial charge in [0.05, 0.1) is 18.1 Å². The fourth-order valence-electron chi connectivity index (χ4n) is 2.57. The van der Waals surface area contributed by atoms with Crippen molar-refractivity contribution in [2.24, 2.45) is 0 Å². The Balaban J connectivity index is 1.70. The van der Waals surface area contributed by atoms with Crippen LogP contribution in [-0.4, -0.2) is 22.2 Å². The van der Waals surface area contributed by atoms with Gasteiger partial charge in [0.25, 0.3) is 5.91 Å². The van der Waals surface area contributed by atoms with Crippen LogP contribution in [0.3, 0.4) is 0 Å². The molecule has 0 spiro atoms. The topological polar surface area (TPSA) is 76.1 Å². The Kier molecular flexibility index (Phi) is 5.96. The molecule has 3 rings (SSSR count). The molecule has 150 valence electrons. The van der Waals surface area contributed by atoms with Gasteiger partial charge >= 0.3 is 6.36 Å². The third-order valence-corrected chi connectivity index (χ3v) is 3.98. The van der Waals surface area contributed by atoms with Crippen LogP contribution in [0.1, 0.15) is 21.5 Å². The number of rotatable bonds is 6. The van der Waals surface area contributed by atoms with Crippen molar-refractivity contribution in [1.29, 1.82) is 0 Å². The number of carbonyl (C=O) groups is 1. The van der Waals surface area contributed by atoms with Crippen molar-refractivity contribution in [2.75, 3.05) is 10.6 Å². The van der Waals surface area contributed by atoms with Crippen LogP contribution in [0.5, 0.6) is 5.75 Å². The summed E-state index contributed by atoms with van der Waals surface area (Å²) in [7, 11) is 0. The maximum absolute atomic E-state index is 12.5. The summed E-state index contributed by atoms with van der Waals surface area (Å²) in [4.78, 5) is 20.4. The molecule has 2 aromatic carbocycles. The van der Waals surface area contributed by atoms with Gasteiger partial charge in [0.15, 0.2) is 0 Å². The molecule has 0 bridgehead atoms. The lowest BCUT2D eigenvalue weighted by Gasteiger charge is -2.12. The number of nitrogens with zero attached hydrogens (tertiary/aromatic N) is 2. The molecule has 0 saturated heterocycles. The summed E-state index contributed by atoms with van der Waals surface area (Å²) in [5.41, 5.74) is 3.17. The predicted octanol–water partition coefficient (Wildman–Crippen LogP) is 4.55. The minimum atomic E-state index is -4.80. The second kappa shape index (κ2) is 8.59. The molecule has 1 amide bonds. The summed E-state index contributed by atoms with van der Waals surface area (Å²) in [6.45, 7) is 2.37. The van der Waals surface area contributed by atoms with E-state index in [1.807, 2.05) is 6.92 Å². The van der Waals surface area contributed by atoms with E-state index in [0.717, 1.165) is 28.9 Å². The van der Waals surface area contributed by atoms with E-state index >= 15 is 0 Å². The molecule has 0 atom stereocenters. The summed E-state index contributed by atoms with van der Waals surface area (Å²) >= 11 is 0. The normalized spacial score (nSPS) is 11.0. The summed E-state index contributed by atoms with van der Waals surface area (Å²) < 4.78 is 40.9. The Hall–Kier alpha value is -3.62. The Morgan fingerprint density at radius 2 is 1.83 bits per heavy atom. The Morgan fingerprint density at radius 3 is 2.55 bits per heavy atom. The van der Waals surface area contributed by atoms with Gasteiger partial charge in [0.1, 0.15) is 12.1 Å². The third kappa shape index (κ3) is 5.93. The molecule has 0 saturated carbocycles. The van der Waals surface area contributed by atoms with Crippen molar-refractivity contribution in [3.8, 4) is 5.75 Å². The lowest BCUT2D eigenvalue weighted by atomic mass is 10.0. The van der Waals surface area contributed by atoms with E-state index in [2.05, 4.69) is 25.3 Å². The molecule has 9 heteroatoms. The maximum Gasteiger partial charge on any atom is 0.573 e. The highest BCUT2D eigenvalue weighted by molar-refractivity contribution is 6.04. The molecule has 29 heavy (non-hydrogen) atoms. The van der Waals surface area contributed by atoms with Crippen molar-refractivity contribution in [3.05, 3.63) is 77.9 Å². The van der Waals surface area contributed by atoms with Gasteiger partial charge in [-0.2, -0.15) is 0 Å². The molecule has 3 aromatic rings. The van der Waals surface area contributed by atoms with Crippen LogP contribution in [0, 0.1) is 6.92 Å². The number of hydrogen-bond donors (Lipinski definition) is 2. The highest BCUT2D eigenvalue weighted by Gasteiger charge is 2.31. The Morgan fingerprint density at radius 1 is 1.07 bits per heavy atom. The van der Waals surface area contributed by atoms with Crippen molar-refractivity contribution >= 4 is 17.3 Å². The van der Waals surface area contributed by atoms with Crippen molar-refractivity contribution < 1.29 is 22.7 Å². The van der Waals surface area contributed by atoms with Gasteiger partial charge in [-0.15, -0.1) is 13.2 Å². The van der Waals surface area contributed by atoms with Gasteiger partial charge in [-0.1, -0.05) is 12.1 Å². The number of amides is 1. The van der Waals surface area contributed by atoms with Gasteiger partial charge in [-0.3, -0.25) is 4.79 Å². The van der Waals surface area contributed by atoms with Crippen LogP contribution in [-0.2, 0) is 6.54 Å². The first-order valence-corrected chi connectivity index (χ1v) is 8.56. The summed E-state index contributed by atoms with van der Waals surface area (Å²) in [5, 5.41) is 5.75. The number of nitrogens with one attached hydrogen (secondary N) is 2. The van der Waals surface area contributed by atoms with E-state index in [1.54, 1.807) is 30.6 Å². The molecule has 0 aliphatic rings. The molecule has 6 nitrogen and oxygen atoms in total. The first kappa shape index (κ1) is 20.1. The Bertz CT molecular complexity index is 995. The molecule has 0 unspecified atom stereocenters. The molecule has 0 fully saturated rings. The second-order valence-corrected chi connectivity index (χ2v) is 6.15. The van der Waals surface area contributed by atoms with E-state index in [9.17, 15) is 18.0 Å². The number of aromatic nitrogens is 2. The standard InChI is InChI=1S/C20H17F3N4O2/c1-13-5-6-14(7-15(13)9-26-17-10-24-12-25-11-17)19(28)27-16-3-2-4-18(8-16)29-20(21,22)23/h2-8,10-12,26H,9H2,1H3,(H,27,28). The van der Waals surface area contributed by atoms with Crippen LogP contribution >= 0.6 is 0 Å². The molecular weight excluding hydrogens is 385 g/mol. The minimum Gasteiger partial charge on any atom is -0.406 e. The van der Waals surface area contributed by atoms with Gasteiger partial charge < -0.3 is 15.4 Å². The van der Waals surface area contributed by atoms with Gasteiger partial charge in [0.2, 0.25) is 0 Å². The largest absolute Gasteiger partial charge is 0.573 e. The van der Waals surface area contributed by atoms with E-state index in [4.69, 9.17) is 0 Å². The van der Waals surface area contributed by atoms with Crippen LogP contribution in [0.25, 0.3) is 0 Å². The number of halogens is 3. The average Bonchev–Trinajstić information content (AvgIpc) is 2.67. The number of aryl methyl sites for hydroxylation is 1. The minimum absolute atomic E-state index is 0.193. The zero-order chi connectivity index (χ0) is 20.9. The second-order valence-electron chi connectivity index (χ2n) is 6.15. The fourth-order valence-corrected chi connectivity index (χ4v) is 2.57. The van der Waals surface area contributed by atoms with Gasteiger partial charge in [-0.25, -0.2) is 9.97 Å². The fraction of sp³-hybridized carbons (Fsp3) is 0.150. The quantitative estimate of drug-likeness (QED) is 0.633. The monoisotopic (exact) mass is 402 g/mol. The first-order valence-electron chi connectivity index (χ1n) is 8.56. The summed E-state index contributed by atoms with van der Waals surface area (Å²) in [6.07, 6.45) is -0.106. The van der Waals surface area contributed by atoms with Crippen molar-refractivity contribution in [2.45, 2.75) is 19.8 Å². The summed E-state index contributed by atoms with van der Waals surface area (Å²) in [5.74, 6) is -0.854. The average molecular weight is 402 g/mol. The van der Waals surface area contributed by atoms with Crippen LogP contribution < -0.4 is 15.4 Å². The number of benzene rings is 2. The predicted molar refractivity (Wildman–Crippen MR) is 102 cm³/mol. The highest BCUT2D eigenvalue weighted by atomic mass is 19.4. The zero-order valence-corrected chi connectivity index (χ0v) is 15.3. The van der Waals surface area contributed by atoms with Gasteiger partial charge in [-0.05, 0) is 42.3 Å². The molecule has 0 aliphatic heterocycles. The van der Waals surface area contributed by atoms with Crippen LogP contribution in [0.2, 0.25) is 0 Å². The van der Waals surface area contributed by atoms with E-state index in [-0.39, 0.29) is 5.69 Å². The first-order chi connectivity index (χ1) is 13.8. The zero-order valence-electron chi connectivity index (χ0n) is 15.3. The molecule has 0 radical (unpaired) electrons. The lowest BCUT2D eigenvalue weighted by molar-refractivity contribution is -0.274. The maximum atomic E-state index is 12.5. The summed E-state index contributed by atoms with van der Waals surface area (Å²) in [6, 6.07) is 10.3. The molecule has 1 aromatic heterocycles. The van der Waals surface area contributed by atoms with E-state index in [1.165, 1.54) is 18.5 Å². The number of hydrogen-bond acceptors (Lipinski definition) is 5. The van der Waals surface area contributed by atoms with Gasteiger partial charge in [0, 0.05) is 23.9 Å². The number of carbonyl (C=O) groups excluding carboxylic acids is 1. The lowest BCUT2D eigenvalue weighted by Crippen LogP contribution is -2.17.